The summed E-state index contributed by atoms with van der Waals surface area (Å²) in [5, 5.41) is 3.21. The molecule has 0 spiro atoms. The number of aryl methyl sites for hydroxylation is 2. The molecule has 1 amide bonds. The SMILES string of the molecule is CNCCC1CCN(C(=O)c2c(C)cccc2C)CC1. The zero-order chi connectivity index (χ0) is 14.5. The maximum Gasteiger partial charge on any atom is 0.254 e. The maximum atomic E-state index is 12.7. The average molecular weight is 274 g/mol. The third-order valence-electron chi connectivity index (χ3n) is 4.40. The van der Waals surface area contributed by atoms with E-state index in [1.165, 1.54) is 6.42 Å². The van der Waals surface area contributed by atoms with Crippen LogP contribution in [0.4, 0.5) is 0 Å². The van der Waals surface area contributed by atoms with Crippen LogP contribution >= 0.6 is 0 Å². The molecule has 20 heavy (non-hydrogen) atoms. The van der Waals surface area contributed by atoms with E-state index >= 15 is 0 Å². The summed E-state index contributed by atoms with van der Waals surface area (Å²) < 4.78 is 0. The van der Waals surface area contributed by atoms with E-state index in [4.69, 9.17) is 0 Å². The predicted octanol–water partition coefficient (Wildman–Crippen LogP) is 2.77. The fraction of sp³-hybridized carbons (Fsp3) is 0.588. The van der Waals surface area contributed by atoms with Gasteiger partial charge >= 0.3 is 0 Å². The molecule has 0 saturated carbocycles. The highest BCUT2D eigenvalue weighted by molar-refractivity contribution is 5.97. The number of likely N-dealkylation sites (tertiary alicyclic amines) is 1. The van der Waals surface area contributed by atoms with Crippen LogP contribution in [0, 0.1) is 19.8 Å². The Morgan fingerprint density at radius 1 is 1.25 bits per heavy atom. The van der Waals surface area contributed by atoms with Crippen molar-refractivity contribution in [3.63, 3.8) is 0 Å². The zero-order valence-electron chi connectivity index (χ0n) is 12.9. The molecular weight excluding hydrogens is 248 g/mol. The Morgan fingerprint density at radius 2 is 1.85 bits per heavy atom. The van der Waals surface area contributed by atoms with Crippen LogP contribution in [-0.2, 0) is 0 Å². The fourth-order valence-electron chi connectivity index (χ4n) is 3.08. The number of carbonyl (C=O) groups excluding carboxylic acids is 1. The largest absolute Gasteiger partial charge is 0.339 e. The lowest BCUT2D eigenvalue weighted by Crippen LogP contribution is -2.39. The number of carbonyl (C=O) groups is 1. The Hall–Kier alpha value is -1.35. The van der Waals surface area contributed by atoms with E-state index in [2.05, 4.69) is 5.32 Å². The topological polar surface area (TPSA) is 32.3 Å². The monoisotopic (exact) mass is 274 g/mol. The lowest BCUT2D eigenvalue weighted by Gasteiger charge is -2.32. The Kier molecular flexibility index (Phi) is 5.18. The molecule has 0 unspecified atom stereocenters. The van der Waals surface area contributed by atoms with Gasteiger partial charge in [0.25, 0.3) is 5.91 Å². The lowest BCUT2D eigenvalue weighted by atomic mass is 9.92. The number of rotatable bonds is 4. The van der Waals surface area contributed by atoms with Crippen molar-refractivity contribution in [3.8, 4) is 0 Å². The Balaban J connectivity index is 1.98. The van der Waals surface area contributed by atoms with Crippen molar-refractivity contribution in [2.24, 2.45) is 5.92 Å². The van der Waals surface area contributed by atoms with Gasteiger partial charge in [-0.1, -0.05) is 18.2 Å². The summed E-state index contributed by atoms with van der Waals surface area (Å²) >= 11 is 0. The number of benzene rings is 1. The van der Waals surface area contributed by atoms with Crippen LogP contribution in [0.2, 0.25) is 0 Å². The molecule has 1 N–H and O–H groups in total. The maximum absolute atomic E-state index is 12.7. The van der Waals surface area contributed by atoms with Crippen LogP contribution in [-0.4, -0.2) is 37.5 Å². The Morgan fingerprint density at radius 3 is 2.40 bits per heavy atom. The van der Waals surface area contributed by atoms with Gasteiger partial charge in [-0.25, -0.2) is 0 Å². The average Bonchev–Trinajstić information content (AvgIpc) is 2.45. The summed E-state index contributed by atoms with van der Waals surface area (Å²) in [6, 6.07) is 6.07. The summed E-state index contributed by atoms with van der Waals surface area (Å²) in [6.45, 7) is 6.94. The molecule has 1 fully saturated rings. The molecule has 3 nitrogen and oxygen atoms in total. The van der Waals surface area contributed by atoms with E-state index in [9.17, 15) is 4.79 Å². The quantitative estimate of drug-likeness (QED) is 0.915. The molecular formula is C17H26N2O. The smallest absolute Gasteiger partial charge is 0.254 e. The van der Waals surface area contributed by atoms with Crippen LogP contribution in [0.25, 0.3) is 0 Å². The summed E-state index contributed by atoms with van der Waals surface area (Å²) in [5.74, 6) is 0.983. The number of amides is 1. The van der Waals surface area contributed by atoms with Crippen molar-refractivity contribution in [2.75, 3.05) is 26.7 Å². The molecule has 0 radical (unpaired) electrons. The summed E-state index contributed by atoms with van der Waals surface area (Å²) in [6.07, 6.45) is 3.50. The van der Waals surface area contributed by atoms with Gasteiger partial charge in [0.15, 0.2) is 0 Å². The van der Waals surface area contributed by atoms with E-state index in [1.54, 1.807) is 0 Å². The second-order valence-corrected chi connectivity index (χ2v) is 5.89. The first-order valence-corrected chi connectivity index (χ1v) is 7.63. The number of nitrogens with one attached hydrogen (secondary N) is 1. The van der Waals surface area contributed by atoms with Crippen LogP contribution < -0.4 is 5.32 Å². The minimum atomic E-state index is 0.215. The number of hydrogen-bond donors (Lipinski definition) is 1. The van der Waals surface area contributed by atoms with Crippen molar-refractivity contribution in [1.29, 1.82) is 0 Å². The normalized spacial score (nSPS) is 16.4. The minimum Gasteiger partial charge on any atom is -0.339 e. The van der Waals surface area contributed by atoms with Gasteiger partial charge in [-0.15, -0.1) is 0 Å². The molecule has 110 valence electrons. The van der Waals surface area contributed by atoms with E-state index in [1.807, 2.05) is 44.0 Å². The molecule has 1 aromatic carbocycles. The highest BCUT2D eigenvalue weighted by Gasteiger charge is 2.24. The molecule has 0 bridgehead atoms. The zero-order valence-corrected chi connectivity index (χ0v) is 12.9. The van der Waals surface area contributed by atoms with Gasteiger partial charge in [-0.05, 0) is 63.7 Å². The van der Waals surface area contributed by atoms with Gasteiger partial charge in [0.2, 0.25) is 0 Å². The summed E-state index contributed by atoms with van der Waals surface area (Å²) in [4.78, 5) is 14.7. The molecule has 3 heteroatoms. The molecule has 0 atom stereocenters. The van der Waals surface area contributed by atoms with Crippen molar-refractivity contribution >= 4 is 5.91 Å². The fourth-order valence-corrected chi connectivity index (χ4v) is 3.08. The van der Waals surface area contributed by atoms with Crippen molar-refractivity contribution < 1.29 is 4.79 Å². The lowest BCUT2D eigenvalue weighted by molar-refractivity contribution is 0.0685. The second kappa shape index (κ2) is 6.89. The van der Waals surface area contributed by atoms with Crippen LogP contribution in [0.1, 0.15) is 40.7 Å². The minimum absolute atomic E-state index is 0.215. The first kappa shape index (κ1) is 15.0. The van der Waals surface area contributed by atoms with Crippen LogP contribution in [0.15, 0.2) is 18.2 Å². The Labute approximate surface area is 122 Å². The number of hydrogen-bond acceptors (Lipinski definition) is 2. The van der Waals surface area contributed by atoms with Crippen molar-refractivity contribution in [3.05, 3.63) is 34.9 Å². The van der Waals surface area contributed by atoms with Crippen LogP contribution in [0.3, 0.4) is 0 Å². The van der Waals surface area contributed by atoms with E-state index in [-0.39, 0.29) is 5.91 Å². The Bertz CT molecular complexity index is 442. The van der Waals surface area contributed by atoms with Gasteiger partial charge in [-0.3, -0.25) is 4.79 Å². The predicted molar refractivity (Wildman–Crippen MR) is 83.1 cm³/mol. The molecule has 1 aliphatic heterocycles. The van der Waals surface area contributed by atoms with E-state index in [0.717, 1.165) is 55.1 Å². The third kappa shape index (κ3) is 3.40. The van der Waals surface area contributed by atoms with Crippen molar-refractivity contribution in [1.82, 2.24) is 10.2 Å². The first-order valence-electron chi connectivity index (χ1n) is 7.63. The molecule has 0 aliphatic carbocycles. The second-order valence-electron chi connectivity index (χ2n) is 5.89. The molecule has 2 rings (SSSR count). The molecule has 1 aliphatic rings. The molecule has 1 saturated heterocycles. The molecule has 0 aromatic heterocycles. The molecule has 1 heterocycles. The first-order chi connectivity index (χ1) is 9.63. The molecule has 1 aromatic rings. The number of nitrogens with zero attached hydrogens (tertiary/aromatic N) is 1. The standard InChI is InChI=1S/C17H26N2O/c1-13-5-4-6-14(2)16(13)17(20)19-11-8-15(9-12-19)7-10-18-3/h4-6,15,18H,7-12H2,1-3H3. The highest BCUT2D eigenvalue weighted by Crippen LogP contribution is 2.23. The number of piperidine rings is 1. The van der Waals surface area contributed by atoms with Crippen molar-refractivity contribution in [2.45, 2.75) is 33.1 Å². The van der Waals surface area contributed by atoms with E-state index < -0.39 is 0 Å². The third-order valence-corrected chi connectivity index (χ3v) is 4.40. The van der Waals surface area contributed by atoms with Gasteiger partial charge in [0.1, 0.15) is 0 Å². The van der Waals surface area contributed by atoms with Gasteiger partial charge in [0, 0.05) is 18.7 Å². The van der Waals surface area contributed by atoms with Gasteiger partial charge in [-0.2, -0.15) is 0 Å². The van der Waals surface area contributed by atoms with Crippen LogP contribution in [0.5, 0.6) is 0 Å². The summed E-state index contributed by atoms with van der Waals surface area (Å²) in [5.41, 5.74) is 3.08. The van der Waals surface area contributed by atoms with E-state index in [0.29, 0.717) is 0 Å². The van der Waals surface area contributed by atoms with Gasteiger partial charge in [0.05, 0.1) is 0 Å². The highest BCUT2D eigenvalue weighted by atomic mass is 16.2. The summed E-state index contributed by atoms with van der Waals surface area (Å²) in [7, 11) is 2.00. The van der Waals surface area contributed by atoms with Gasteiger partial charge < -0.3 is 10.2 Å².